The van der Waals surface area contributed by atoms with Crippen LogP contribution >= 0.6 is 0 Å². The van der Waals surface area contributed by atoms with Crippen molar-refractivity contribution in [3.63, 3.8) is 0 Å². The van der Waals surface area contributed by atoms with E-state index < -0.39 is 0 Å². The first-order valence-corrected chi connectivity index (χ1v) is 12.2. The number of aliphatic hydroxyl groups excluding tert-OH is 1. The monoisotopic (exact) mass is 445 g/mol. The van der Waals surface area contributed by atoms with Gasteiger partial charge < -0.3 is 15.0 Å². The van der Waals surface area contributed by atoms with E-state index in [4.69, 9.17) is 0 Å². The van der Waals surface area contributed by atoms with Crippen molar-refractivity contribution >= 4 is 11.5 Å². The van der Waals surface area contributed by atoms with Crippen LogP contribution in [0.2, 0.25) is 0 Å². The SMILES string of the molecule is CN1[C@@H]2c3ccc(C4=CCCC4)c(=O)n3C[C@H]1[C@H](CO)[C@H]2C(=O)NC1Cc2ccccc2C1. The number of amides is 1. The van der Waals surface area contributed by atoms with E-state index in [1.165, 1.54) is 11.1 Å². The van der Waals surface area contributed by atoms with Gasteiger partial charge in [0.05, 0.1) is 12.0 Å². The van der Waals surface area contributed by atoms with Crippen molar-refractivity contribution in [1.29, 1.82) is 0 Å². The fourth-order valence-electron chi connectivity index (χ4n) is 6.81. The number of hydrogen-bond donors (Lipinski definition) is 2. The molecule has 4 atom stereocenters. The van der Waals surface area contributed by atoms with Crippen LogP contribution in [0.1, 0.15) is 47.7 Å². The van der Waals surface area contributed by atoms with Gasteiger partial charge in [0, 0.05) is 42.4 Å². The maximum absolute atomic E-state index is 13.6. The minimum absolute atomic E-state index is 0.00492. The molecule has 2 bridgehead atoms. The molecule has 1 aromatic carbocycles. The van der Waals surface area contributed by atoms with Gasteiger partial charge in [0.25, 0.3) is 5.56 Å². The fourth-order valence-corrected chi connectivity index (χ4v) is 6.81. The van der Waals surface area contributed by atoms with Crippen LogP contribution in [-0.2, 0) is 24.2 Å². The molecule has 1 fully saturated rings. The van der Waals surface area contributed by atoms with Crippen LogP contribution in [-0.4, -0.2) is 46.2 Å². The number of nitrogens with zero attached hydrogens (tertiary/aromatic N) is 2. The van der Waals surface area contributed by atoms with E-state index in [1.807, 2.05) is 35.9 Å². The highest BCUT2D eigenvalue weighted by molar-refractivity contribution is 5.81. The van der Waals surface area contributed by atoms with Gasteiger partial charge in [0.15, 0.2) is 0 Å². The molecule has 1 amide bonds. The largest absolute Gasteiger partial charge is 0.396 e. The maximum atomic E-state index is 13.6. The van der Waals surface area contributed by atoms with Gasteiger partial charge in [0.2, 0.25) is 5.91 Å². The number of carbonyl (C=O) groups excluding carboxylic acids is 1. The van der Waals surface area contributed by atoms with Crippen LogP contribution in [0, 0.1) is 11.8 Å². The lowest BCUT2D eigenvalue weighted by Crippen LogP contribution is -2.45. The van der Waals surface area contributed by atoms with E-state index in [0.717, 1.165) is 48.9 Å². The Bertz CT molecular complexity index is 1170. The Morgan fingerprint density at radius 1 is 1.15 bits per heavy atom. The first-order chi connectivity index (χ1) is 16.1. The van der Waals surface area contributed by atoms with Crippen LogP contribution in [0.15, 0.2) is 47.3 Å². The zero-order valence-electron chi connectivity index (χ0n) is 19.0. The van der Waals surface area contributed by atoms with Gasteiger partial charge in [-0.15, -0.1) is 0 Å². The molecule has 3 heterocycles. The number of rotatable bonds is 4. The number of pyridine rings is 1. The first kappa shape index (κ1) is 20.9. The van der Waals surface area contributed by atoms with E-state index in [2.05, 4.69) is 28.4 Å². The summed E-state index contributed by atoms with van der Waals surface area (Å²) in [7, 11) is 2.03. The van der Waals surface area contributed by atoms with Crippen molar-refractivity contribution in [3.8, 4) is 0 Å². The lowest BCUT2D eigenvalue weighted by atomic mass is 9.86. The molecular weight excluding hydrogens is 414 g/mol. The number of aromatic nitrogens is 1. The molecule has 1 saturated heterocycles. The van der Waals surface area contributed by atoms with Gasteiger partial charge in [-0.25, -0.2) is 0 Å². The van der Waals surface area contributed by atoms with Crippen LogP contribution in [0.4, 0.5) is 0 Å². The predicted molar refractivity (Wildman–Crippen MR) is 127 cm³/mol. The van der Waals surface area contributed by atoms with Gasteiger partial charge in [-0.2, -0.15) is 0 Å². The minimum atomic E-state index is -0.376. The number of aliphatic hydroxyl groups is 1. The van der Waals surface area contributed by atoms with Crippen LogP contribution in [0.3, 0.4) is 0 Å². The number of nitrogens with one attached hydrogen (secondary N) is 1. The fraction of sp³-hybridized carbons (Fsp3) is 0.481. The molecule has 0 saturated carbocycles. The topological polar surface area (TPSA) is 74.6 Å². The molecule has 33 heavy (non-hydrogen) atoms. The van der Waals surface area contributed by atoms with Crippen molar-refractivity contribution < 1.29 is 9.90 Å². The molecule has 0 radical (unpaired) electrons. The normalized spacial score (nSPS) is 28.5. The molecule has 2 aromatic rings. The highest BCUT2D eigenvalue weighted by Crippen LogP contribution is 2.47. The lowest BCUT2D eigenvalue weighted by molar-refractivity contribution is -0.128. The van der Waals surface area contributed by atoms with Gasteiger partial charge in [-0.3, -0.25) is 14.5 Å². The summed E-state index contributed by atoms with van der Waals surface area (Å²) in [6.07, 6.45) is 6.96. The predicted octanol–water partition coefficient (Wildman–Crippen LogP) is 2.29. The van der Waals surface area contributed by atoms with Gasteiger partial charge >= 0.3 is 0 Å². The number of carbonyl (C=O) groups is 1. The second-order valence-corrected chi connectivity index (χ2v) is 10.1. The highest BCUT2D eigenvalue weighted by Gasteiger charge is 2.54. The zero-order valence-corrected chi connectivity index (χ0v) is 19.0. The van der Waals surface area contributed by atoms with Gasteiger partial charge in [-0.1, -0.05) is 30.3 Å². The number of likely N-dealkylation sites (N-methyl/N-ethyl adjacent to an activating group) is 1. The van der Waals surface area contributed by atoms with Crippen molar-refractivity contribution in [2.45, 2.75) is 56.8 Å². The van der Waals surface area contributed by atoms with E-state index in [0.29, 0.717) is 6.54 Å². The van der Waals surface area contributed by atoms with E-state index in [-0.39, 0.29) is 48.0 Å². The van der Waals surface area contributed by atoms with E-state index >= 15 is 0 Å². The lowest BCUT2D eigenvalue weighted by Gasteiger charge is -2.35. The third-order valence-corrected chi connectivity index (χ3v) is 8.44. The van der Waals surface area contributed by atoms with Crippen LogP contribution in [0.5, 0.6) is 0 Å². The highest BCUT2D eigenvalue weighted by atomic mass is 16.3. The number of hydrogen-bond acceptors (Lipinski definition) is 4. The first-order valence-electron chi connectivity index (χ1n) is 12.2. The molecule has 0 spiro atoms. The molecular formula is C27H31N3O3. The second-order valence-electron chi connectivity index (χ2n) is 10.1. The van der Waals surface area contributed by atoms with Crippen molar-refractivity contribution in [3.05, 3.63) is 75.2 Å². The smallest absolute Gasteiger partial charge is 0.258 e. The standard InChI is InChI=1S/C27H31N3O3/c1-29-23-14-30-22(11-10-20(27(30)33)16-6-2-3-7-16)25(29)24(21(23)15-31)26(32)28-19-12-17-8-4-5-9-18(17)13-19/h4-6,8-11,19,21,23-25,31H,2-3,7,12-15H2,1H3,(H,28,32)/t21-,23-,24+,25+/m0/s1. The Hall–Kier alpha value is -2.70. The molecule has 6 rings (SSSR count). The summed E-state index contributed by atoms with van der Waals surface area (Å²) in [5.41, 5.74) is 5.49. The number of benzene rings is 1. The molecule has 6 nitrogen and oxygen atoms in total. The molecule has 2 N–H and O–H groups in total. The maximum Gasteiger partial charge on any atom is 0.258 e. The Labute approximate surface area is 193 Å². The van der Waals surface area contributed by atoms with E-state index in [1.54, 1.807) is 0 Å². The summed E-state index contributed by atoms with van der Waals surface area (Å²) < 4.78 is 1.88. The molecule has 0 unspecified atom stereocenters. The van der Waals surface area contributed by atoms with Crippen LogP contribution < -0.4 is 10.9 Å². The third-order valence-electron chi connectivity index (χ3n) is 8.44. The summed E-state index contributed by atoms with van der Waals surface area (Å²) in [4.78, 5) is 29.3. The molecule has 2 aliphatic heterocycles. The minimum Gasteiger partial charge on any atom is -0.396 e. The van der Waals surface area contributed by atoms with Crippen molar-refractivity contribution in [2.75, 3.05) is 13.7 Å². The van der Waals surface area contributed by atoms with Crippen molar-refractivity contribution in [2.24, 2.45) is 11.8 Å². The van der Waals surface area contributed by atoms with Gasteiger partial charge in [0.1, 0.15) is 0 Å². The summed E-state index contributed by atoms with van der Waals surface area (Å²) in [6.45, 7) is 0.460. The number of fused-ring (bicyclic) bond motifs is 5. The average Bonchev–Trinajstić information content (AvgIpc) is 3.51. The average molecular weight is 446 g/mol. The molecule has 4 aliphatic rings. The zero-order chi connectivity index (χ0) is 22.7. The Morgan fingerprint density at radius 2 is 1.91 bits per heavy atom. The molecule has 1 aromatic heterocycles. The second kappa shape index (κ2) is 7.96. The van der Waals surface area contributed by atoms with E-state index in [9.17, 15) is 14.7 Å². The summed E-state index contributed by atoms with van der Waals surface area (Å²) >= 11 is 0. The summed E-state index contributed by atoms with van der Waals surface area (Å²) in [6, 6.07) is 12.2. The Balaban J connectivity index is 1.31. The Kier molecular flexibility index (Phi) is 5.03. The van der Waals surface area contributed by atoms with Crippen molar-refractivity contribution in [1.82, 2.24) is 14.8 Å². The molecule has 6 heteroatoms. The quantitative estimate of drug-likeness (QED) is 0.757. The molecule has 2 aliphatic carbocycles. The van der Waals surface area contributed by atoms with Crippen LogP contribution in [0.25, 0.3) is 5.57 Å². The summed E-state index contributed by atoms with van der Waals surface area (Å²) in [5.74, 6) is -0.578. The number of allylic oxidation sites excluding steroid dienone is 2. The Morgan fingerprint density at radius 3 is 2.58 bits per heavy atom. The third kappa shape index (κ3) is 3.22. The summed E-state index contributed by atoms with van der Waals surface area (Å²) in [5, 5.41) is 13.6. The molecule has 172 valence electrons. The van der Waals surface area contributed by atoms with Gasteiger partial charge in [-0.05, 0) is 68.0 Å².